The fraction of sp³-hybridized carbons (Fsp3) is 0.409. The van der Waals surface area contributed by atoms with E-state index >= 15 is 0 Å². The van der Waals surface area contributed by atoms with E-state index in [9.17, 15) is 35.5 Å². The van der Waals surface area contributed by atoms with Crippen LogP contribution in [0.25, 0.3) is 0 Å². The van der Waals surface area contributed by atoms with Crippen molar-refractivity contribution in [2.45, 2.75) is 38.0 Å². The molecule has 2 aromatic rings. The fourth-order valence-electron chi connectivity index (χ4n) is 3.72. The van der Waals surface area contributed by atoms with Gasteiger partial charge in [-0.05, 0) is 67.5 Å². The first-order chi connectivity index (χ1) is 14.4. The molecule has 0 aliphatic carbocycles. The number of hydrogen-bond donors (Lipinski definition) is 0. The number of hydrogen-bond acceptors (Lipinski definition) is 1. The molecule has 1 fully saturated rings. The maximum Gasteiger partial charge on any atom is 0.416 e. The molecule has 3 rings (SSSR count). The van der Waals surface area contributed by atoms with Crippen molar-refractivity contribution in [1.82, 2.24) is 4.90 Å². The third-order valence-corrected chi connectivity index (χ3v) is 5.50. The highest BCUT2D eigenvalue weighted by Gasteiger charge is 2.33. The highest BCUT2D eigenvalue weighted by atomic mass is 19.4. The van der Waals surface area contributed by atoms with E-state index in [0.29, 0.717) is 44.5 Å². The first-order valence-electron chi connectivity index (χ1n) is 9.76. The number of alkyl halides is 6. The zero-order chi connectivity index (χ0) is 22.8. The first-order valence-corrected chi connectivity index (χ1v) is 9.76. The number of benzene rings is 2. The lowest BCUT2D eigenvalue weighted by Gasteiger charge is -2.32. The lowest BCUT2D eigenvalue weighted by atomic mass is 9.90. The minimum absolute atomic E-state index is 0.240. The van der Waals surface area contributed by atoms with Gasteiger partial charge in [-0.3, -0.25) is 4.79 Å². The maximum atomic E-state index is 13.6. The molecule has 1 amide bonds. The van der Waals surface area contributed by atoms with E-state index in [1.165, 1.54) is 17.0 Å². The molecule has 1 saturated heterocycles. The number of likely N-dealkylation sites (tertiary alicyclic amines) is 1. The molecule has 0 bridgehead atoms. The van der Waals surface area contributed by atoms with Crippen molar-refractivity contribution in [1.29, 1.82) is 0 Å². The van der Waals surface area contributed by atoms with E-state index in [-0.39, 0.29) is 11.5 Å². The molecule has 0 aromatic heterocycles. The van der Waals surface area contributed by atoms with Gasteiger partial charge >= 0.3 is 12.4 Å². The smallest absolute Gasteiger partial charge is 0.339 e. The van der Waals surface area contributed by atoms with E-state index in [1.807, 2.05) is 0 Å². The number of piperidine rings is 1. The monoisotopic (exact) mass is 447 g/mol. The Labute approximate surface area is 174 Å². The topological polar surface area (TPSA) is 20.3 Å². The van der Waals surface area contributed by atoms with Crippen molar-refractivity contribution < 1.29 is 35.5 Å². The van der Waals surface area contributed by atoms with E-state index in [1.54, 1.807) is 0 Å². The molecule has 168 valence electrons. The quantitative estimate of drug-likeness (QED) is 0.501. The molecule has 0 N–H and O–H groups in total. The van der Waals surface area contributed by atoms with E-state index < -0.39 is 35.2 Å². The summed E-state index contributed by atoms with van der Waals surface area (Å²) in [6.07, 6.45) is -6.56. The zero-order valence-corrected chi connectivity index (χ0v) is 16.4. The molecule has 0 unspecified atom stereocenters. The van der Waals surface area contributed by atoms with Crippen molar-refractivity contribution in [2.75, 3.05) is 13.1 Å². The Morgan fingerprint density at radius 1 is 0.871 bits per heavy atom. The summed E-state index contributed by atoms with van der Waals surface area (Å²) in [6.45, 7) is 0.656. The van der Waals surface area contributed by atoms with Crippen LogP contribution in [0.3, 0.4) is 0 Å². The van der Waals surface area contributed by atoms with Gasteiger partial charge in [0.2, 0.25) is 0 Å². The average Bonchev–Trinajstić information content (AvgIpc) is 2.70. The molecule has 1 aliphatic heterocycles. The lowest BCUT2D eigenvalue weighted by molar-refractivity contribution is -0.138. The van der Waals surface area contributed by atoms with Crippen molar-refractivity contribution in [2.24, 2.45) is 5.92 Å². The van der Waals surface area contributed by atoms with Crippen LogP contribution in [0.1, 0.15) is 46.3 Å². The number of rotatable bonds is 4. The number of amides is 1. The van der Waals surface area contributed by atoms with Crippen LogP contribution >= 0.6 is 0 Å². The molecule has 9 heteroatoms. The molecular formula is C22H20F7NO. The predicted molar refractivity (Wildman–Crippen MR) is 99.8 cm³/mol. The number of halogens is 7. The van der Waals surface area contributed by atoms with Gasteiger partial charge in [0.05, 0.1) is 11.1 Å². The summed E-state index contributed by atoms with van der Waals surface area (Å²) in [5.41, 5.74) is -1.46. The van der Waals surface area contributed by atoms with Crippen LogP contribution in [-0.2, 0) is 18.8 Å². The molecule has 2 nitrogen and oxygen atoms in total. The predicted octanol–water partition coefficient (Wildman–Crippen LogP) is 6.35. The van der Waals surface area contributed by atoms with E-state index in [0.717, 1.165) is 30.2 Å². The highest BCUT2D eigenvalue weighted by molar-refractivity contribution is 5.94. The van der Waals surface area contributed by atoms with Crippen LogP contribution in [-0.4, -0.2) is 23.9 Å². The van der Waals surface area contributed by atoms with E-state index in [4.69, 9.17) is 0 Å². The Morgan fingerprint density at radius 2 is 1.45 bits per heavy atom. The van der Waals surface area contributed by atoms with Crippen LogP contribution in [0, 0.1) is 11.7 Å². The van der Waals surface area contributed by atoms with Gasteiger partial charge in [-0.2, -0.15) is 26.3 Å². The Kier molecular flexibility index (Phi) is 6.62. The van der Waals surface area contributed by atoms with Crippen molar-refractivity contribution in [3.05, 3.63) is 70.5 Å². The first kappa shape index (κ1) is 23.1. The van der Waals surface area contributed by atoms with Crippen LogP contribution in [0.2, 0.25) is 0 Å². The summed E-state index contributed by atoms with van der Waals surface area (Å²) in [5, 5.41) is 0. The molecule has 1 aliphatic rings. The molecule has 2 aromatic carbocycles. The summed E-state index contributed by atoms with van der Waals surface area (Å²) >= 11 is 0. The molecule has 1 heterocycles. The van der Waals surface area contributed by atoms with Gasteiger partial charge in [-0.25, -0.2) is 4.39 Å². The SMILES string of the molecule is O=C(c1cc(F)cc(C(F)(F)F)c1)N1CCC(CCc2ccc(C(F)(F)F)cc2)CC1. The van der Waals surface area contributed by atoms with Gasteiger partial charge in [-0.15, -0.1) is 0 Å². The lowest BCUT2D eigenvalue weighted by Crippen LogP contribution is -2.38. The van der Waals surface area contributed by atoms with Crippen molar-refractivity contribution in [3.8, 4) is 0 Å². The van der Waals surface area contributed by atoms with Gasteiger partial charge < -0.3 is 4.90 Å². The van der Waals surface area contributed by atoms with Crippen LogP contribution in [0.15, 0.2) is 42.5 Å². The van der Waals surface area contributed by atoms with Gasteiger partial charge in [0.15, 0.2) is 0 Å². The zero-order valence-electron chi connectivity index (χ0n) is 16.4. The summed E-state index contributed by atoms with van der Waals surface area (Å²) in [5.74, 6) is -1.53. The molecule has 0 saturated carbocycles. The summed E-state index contributed by atoms with van der Waals surface area (Å²) in [6, 6.07) is 6.80. The molecule has 0 radical (unpaired) electrons. The second kappa shape index (κ2) is 8.88. The van der Waals surface area contributed by atoms with Gasteiger partial charge in [0.25, 0.3) is 5.91 Å². The summed E-state index contributed by atoms with van der Waals surface area (Å²) in [4.78, 5) is 13.9. The third kappa shape index (κ3) is 5.98. The summed E-state index contributed by atoms with van der Waals surface area (Å²) < 4.78 is 90.0. The van der Waals surface area contributed by atoms with Crippen molar-refractivity contribution in [3.63, 3.8) is 0 Å². The molecule has 0 spiro atoms. The second-order valence-corrected chi connectivity index (χ2v) is 7.70. The number of aryl methyl sites for hydroxylation is 1. The molecular weight excluding hydrogens is 427 g/mol. The fourth-order valence-corrected chi connectivity index (χ4v) is 3.72. The Hall–Kier alpha value is -2.58. The number of nitrogens with zero attached hydrogens (tertiary/aromatic N) is 1. The molecule has 31 heavy (non-hydrogen) atoms. The Bertz CT molecular complexity index is 911. The standard InChI is InChI=1S/C22H20F7NO/c23-19-12-16(11-18(13-19)22(27,28)29)20(31)30-9-7-15(8-10-30)2-1-14-3-5-17(6-4-14)21(24,25)26/h3-6,11-13,15H,1-2,7-10H2. The Balaban J connectivity index is 1.54. The van der Waals surface area contributed by atoms with Gasteiger partial charge in [0, 0.05) is 18.7 Å². The minimum atomic E-state index is -4.75. The number of carbonyl (C=O) groups excluding carboxylic acids is 1. The van der Waals surface area contributed by atoms with E-state index in [2.05, 4.69) is 0 Å². The number of carbonyl (C=O) groups is 1. The normalized spacial score (nSPS) is 15.9. The highest BCUT2D eigenvalue weighted by Crippen LogP contribution is 2.32. The summed E-state index contributed by atoms with van der Waals surface area (Å²) in [7, 11) is 0. The Morgan fingerprint density at radius 3 is 2.00 bits per heavy atom. The second-order valence-electron chi connectivity index (χ2n) is 7.70. The van der Waals surface area contributed by atoms with Crippen LogP contribution in [0.4, 0.5) is 30.7 Å². The largest absolute Gasteiger partial charge is 0.416 e. The van der Waals surface area contributed by atoms with Crippen molar-refractivity contribution >= 4 is 5.91 Å². The third-order valence-electron chi connectivity index (χ3n) is 5.50. The molecule has 0 atom stereocenters. The van der Waals surface area contributed by atoms with Crippen LogP contribution in [0.5, 0.6) is 0 Å². The van der Waals surface area contributed by atoms with Crippen LogP contribution < -0.4 is 0 Å². The average molecular weight is 447 g/mol. The minimum Gasteiger partial charge on any atom is -0.339 e. The maximum absolute atomic E-state index is 13.6. The van der Waals surface area contributed by atoms with Gasteiger partial charge in [0.1, 0.15) is 5.82 Å². The van der Waals surface area contributed by atoms with Gasteiger partial charge in [-0.1, -0.05) is 12.1 Å².